The molecule has 0 N–H and O–H groups in total. The first-order valence-corrected chi connectivity index (χ1v) is 5.24. The van der Waals surface area contributed by atoms with Crippen molar-refractivity contribution in [3.8, 4) is 6.07 Å². The van der Waals surface area contributed by atoms with E-state index in [0.717, 1.165) is 22.3 Å². The van der Waals surface area contributed by atoms with Crippen LogP contribution in [0, 0.1) is 18.3 Å². The lowest BCUT2D eigenvalue weighted by Crippen LogP contribution is -2.45. The highest BCUT2D eigenvalue weighted by molar-refractivity contribution is 5.84. The highest BCUT2D eigenvalue weighted by atomic mass is 16.5. The molecule has 0 amide bonds. The molecule has 1 fully saturated rings. The summed E-state index contributed by atoms with van der Waals surface area (Å²) in [4.78, 5) is 0. The van der Waals surface area contributed by atoms with Crippen molar-refractivity contribution < 1.29 is 9.15 Å². The second kappa shape index (κ2) is 3.10. The van der Waals surface area contributed by atoms with Crippen molar-refractivity contribution in [2.75, 3.05) is 13.2 Å². The molecule has 3 heteroatoms. The average molecular weight is 213 g/mol. The molecule has 1 aromatic carbocycles. The molecule has 1 saturated heterocycles. The van der Waals surface area contributed by atoms with Crippen molar-refractivity contribution in [2.45, 2.75) is 12.3 Å². The Morgan fingerprint density at radius 2 is 2.06 bits per heavy atom. The lowest BCUT2D eigenvalue weighted by molar-refractivity contribution is -0.0298. The molecule has 2 aromatic rings. The maximum Gasteiger partial charge on any atom is 0.134 e. The fourth-order valence-corrected chi connectivity index (χ4v) is 2.33. The topological polar surface area (TPSA) is 46.2 Å². The monoisotopic (exact) mass is 213 g/mol. The molecule has 2 heterocycles. The van der Waals surface area contributed by atoms with Crippen LogP contribution in [0.5, 0.6) is 0 Å². The van der Waals surface area contributed by atoms with E-state index in [1.54, 1.807) is 0 Å². The smallest absolute Gasteiger partial charge is 0.134 e. The van der Waals surface area contributed by atoms with Crippen LogP contribution in [-0.4, -0.2) is 13.2 Å². The van der Waals surface area contributed by atoms with Crippen LogP contribution < -0.4 is 0 Å². The van der Waals surface area contributed by atoms with Gasteiger partial charge in [-0.25, -0.2) is 0 Å². The zero-order valence-corrected chi connectivity index (χ0v) is 8.99. The largest absolute Gasteiger partial charge is 0.461 e. The number of hydrogen-bond acceptors (Lipinski definition) is 3. The van der Waals surface area contributed by atoms with Gasteiger partial charge in [0.1, 0.15) is 16.8 Å². The van der Waals surface area contributed by atoms with Gasteiger partial charge in [-0.2, -0.15) is 5.26 Å². The van der Waals surface area contributed by atoms with Crippen LogP contribution in [0.3, 0.4) is 0 Å². The van der Waals surface area contributed by atoms with Crippen molar-refractivity contribution in [2.24, 2.45) is 0 Å². The molecule has 80 valence electrons. The van der Waals surface area contributed by atoms with E-state index in [-0.39, 0.29) is 0 Å². The standard InChI is InChI=1S/C13H11NO2/c1-9-12(13(6-14)7-15-8-13)10-4-2-3-5-11(10)16-9/h2-5H,7-8H2,1H3. The fourth-order valence-electron chi connectivity index (χ4n) is 2.33. The van der Waals surface area contributed by atoms with E-state index in [1.165, 1.54) is 0 Å². The van der Waals surface area contributed by atoms with Gasteiger partial charge in [0.05, 0.1) is 19.3 Å². The quantitative estimate of drug-likeness (QED) is 0.731. The number of ether oxygens (including phenoxy) is 1. The maximum atomic E-state index is 9.32. The summed E-state index contributed by atoms with van der Waals surface area (Å²) in [7, 11) is 0. The van der Waals surface area contributed by atoms with Crippen LogP contribution in [0.1, 0.15) is 11.3 Å². The summed E-state index contributed by atoms with van der Waals surface area (Å²) < 4.78 is 10.9. The van der Waals surface area contributed by atoms with Crippen molar-refractivity contribution in [3.05, 3.63) is 35.6 Å². The van der Waals surface area contributed by atoms with E-state index in [2.05, 4.69) is 6.07 Å². The zero-order valence-electron chi connectivity index (χ0n) is 8.99. The van der Waals surface area contributed by atoms with E-state index in [9.17, 15) is 5.26 Å². The minimum atomic E-state index is -0.503. The summed E-state index contributed by atoms with van der Waals surface area (Å²) >= 11 is 0. The van der Waals surface area contributed by atoms with Gasteiger partial charge < -0.3 is 9.15 Å². The minimum absolute atomic E-state index is 0.466. The van der Waals surface area contributed by atoms with Gasteiger partial charge in [0, 0.05) is 10.9 Å². The van der Waals surface area contributed by atoms with Crippen LogP contribution in [0.4, 0.5) is 0 Å². The number of furan rings is 1. The Morgan fingerprint density at radius 1 is 1.31 bits per heavy atom. The molecule has 1 aromatic heterocycles. The number of nitriles is 1. The molecule has 0 aliphatic carbocycles. The third kappa shape index (κ3) is 1.05. The first-order valence-electron chi connectivity index (χ1n) is 5.24. The fraction of sp³-hybridized carbons (Fsp3) is 0.308. The molecule has 0 atom stereocenters. The minimum Gasteiger partial charge on any atom is -0.461 e. The molecule has 16 heavy (non-hydrogen) atoms. The number of hydrogen-bond donors (Lipinski definition) is 0. The maximum absolute atomic E-state index is 9.32. The molecule has 3 rings (SSSR count). The van der Waals surface area contributed by atoms with E-state index in [1.807, 2.05) is 31.2 Å². The first-order chi connectivity index (χ1) is 7.77. The number of fused-ring (bicyclic) bond motifs is 1. The average Bonchev–Trinajstić information content (AvgIpc) is 2.56. The Hall–Kier alpha value is -1.79. The molecule has 0 unspecified atom stereocenters. The van der Waals surface area contributed by atoms with E-state index in [4.69, 9.17) is 9.15 Å². The second-order valence-corrected chi connectivity index (χ2v) is 4.22. The van der Waals surface area contributed by atoms with Gasteiger partial charge in [-0.3, -0.25) is 0 Å². The number of nitrogens with zero attached hydrogens (tertiary/aromatic N) is 1. The summed E-state index contributed by atoms with van der Waals surface area (Å²) in [5, 5.41) is 10.4. The van der Waals surface area contributed by atoms with Crippen LogP contribution in [0.15, 0.2) is 28.7 Å². The summed E-state index contributed by atoms with van der Waals surface area (Å²) in [6, 6.07) is 10.2. The van der Waals surface area contributed by atoms with E-state index >= 15 is 0 Å². The summed E-state index contributed by atoms with van der Waals surface area (Å²) in [6.45, 7) is 2.84. The number of rotatable bonds is 1. The van der Waals surface area contributed by atoms with Gasteiger partial charge >= 0.3 is 0 Å². The number of para-hydroxylation sites is 1. The third-order valence-corrected chi connectivity index (χ3v) is 3.16. The Morgan fingerprint density at radius 3 is 2.69 bits per heavy atom. The summed E-state index contributed by atoms with van der Waals surface area (Å²) in [5.41, 5.74) is 1.34. The molecule has 0 radical (unpaired) electrons. The van der Waals surface area contributed by atoms with Crippen LogP contribution in [0.2, 0.25) is 0 Å². The molecule has 0 saturated carbocycles. The van der Waals surface area contributed by atoms with Gasteiger partial charge in [-0.05, 0) is 13.0 Å². The normalized spacial score (nSPS) is 18.0. The Kier molecular flexibility index (Phi) is 1.83. The lowest BCUT2D eigenvalue weighted by Gasteiger charge is -2.35. The van der Waals surface area contributed by atoms with E-state index < -0.39 is 5.41 Å². The highest BCUT2D eigenvalue weighted by Crippen LogP contribution is 2.39. The predicted molar refractivity (Wildman–Crippen MR) is 59.1 cm³/mol. The molecule has 3 nitrogen and oxygen atoms in total. The van der Waals surface area contributed by atoms with Crippen LogP contribution in [0.25, 0.3) is 11.0 Å². The second-order valence-electron chi connectivity index (χ2n) is 4.22. The predicted octanol–water partition coefficient (Wildman–Crippen LogP) is 2.53. The first kappa shape index (κ1) is 9.44. The molecule has 1 aliphatic heterocycles. The Labute approximate surface area is 93.2 Å². The summed E-state index contributed by atoms with van der Waals surface area (Å²) in [5.74, 6) is 0.825. The Balaban J connectivity index is 2.31. The van der Waals surface area contributed by atoms with Gasteiger partial charge in [-0.1, -0.05) is 18.2 Å². The van der Waals surface area contributed by atoms with Crippen molar-refractivity contribution in [3.63, 3.8) is 0 Å². The van der Waals surface area contributed by atoms with Crippen molar-refractivity contribution >= 4 is 11.0 Å². The molecular weight excluding hydrogens is 202 g/mol. The number of aryl methyl sites for hydroxylation is 1. The summed E-state index contributed by atoms with van der Waals surface area (Å²) in [6.07, 6.45) is 0. The van der Waals surface area contributed by atoms with Gasteiger partial charge in [0.2, 0.25) is 0 Å². The van der Waals surface area contributed by atoms with Crippen molar-refractivity contribution in [1.29, 1.82) is 5.26 Å². The SMILES string of the molecule is Cc1oc2ccccc2c1C1(C#N)COC1. The molecule has 0 spiro atoms. The van der Waals surface area contributed by atoms with Gasteiger partial charge in [-0.15, -0.1) is 0 Å². The highest BCUT2D eigenvalue weighted by Gasteiger charge is 2.44. The van der Waals surface area contributed by atoms with Gasteiger partial charge in [0.25, 0.3) is 0 Å². The van der Waals surface area contributed by atoms with Crippen LogP contribution >= 0.6 is 0 Å². The van der Waals surface area contributed by atoms with Gasteiger partial charge in [0.15, 0.2) is 0 Å². The van der Waals surface area contributed by atoms with E-state index in [0.29, 0.717) is 13.2 Å². The number of benzene rings is 1. The van der Waals surface area contributed by atoms with Crippen molar-refractivity contribution in [1.82, 2.24) is 0 Å². The third-order valence-electron chi connectivity index (χ3n) is 3.16. The Bertz CT molecular complexity index is 587. The lowest BCUT2D eigenvalue weighted by atomic mass is 9.78. The zero-order chi connectivity index (χ0) is 11.2. The molecule has 0 bridgehead atoms. The molecule has 1 aliphatic rings. The molecular formula is C13H11NO2. The van der Waals surface area contributed by atoms with Crippen LogP contribution in [-0.2, 0) is 10.2 Å².